The van der Waals surface area contributed by atoms with E-state index < -0.39 is 18.8 Å². The summed E-state index contributed by atoms with van der Waals surface area (Å²) in [4.78, 5) is 11.3. The maximum Gasteiger partial charge on any atom is 0.222 e. The minimum atomic E-state index is -0.892. The van der Waals surface area contributed by atoms with Crippen LogP contribution in [0.25, 0.3) is 21.6 Å². The molecule has 1 N–H and O–H groups in total. The lowest BCUT2D eigenvalue weighted by Crippen LogP contribution is -2.20. The number of anilines is 1. The molecule has 8 heteroatoms. The predicted molar refractivity (Wildman–Crippen MR) is 92.8 cm³/mol. The van der Waals surface area contributed by atoms with Crippen molar-refractivity contribution in [2.45, 2.75) is 31.0 Å². The minimum Gasteiger partial charge on any atom is -0.376 e. The molecular weight excluding hydrogens is 323 g/mol. The Morgan fingerprint density at radius 1 is 1.28 bits per heavy atom. The molecule has 0 bridgehead atoms. The number of azide groups is 1. The fraction of sp³-hybridized carbons (Fsp3) is 0.412. The Morgan fingerprint density at radius 2 is 1.96 bits per heavy atom. The summed E-state index contributed by atoms with van der Waals surface area (Å²) in [5.41, 5.74) is 11.1. The Kier molecular flexibility index (Phi) is 5.42. The van der Waals surface area contributed by atoms with E-state index in [2.05, 4.69) is 25.3 Å². The van der Waals surface area contributed by atoms with E-state index in [9.17, 15) is 4.39 Å². The van der Waals surface area contributed by atoms with E-state index in [1.54, 1.807) is 12.4 Å². The van der Waals surface area contributed by atoms with Gasteiger partial charge in [-0.15, -0.1) is 0 Å². The molecule has 1 aliphatic carbocycles. The fourth-order valence-corrected chi connectivity index (χ4v) is 2.58. The van der Waals surface area contributed by atoms with Crippen molar-refractivity contribution in [1.29, 1.82) is 0 Å². The fourth-order valence-electron chi connectivity index (χ4n) is 2.58. The first-order valence-corrected chi connectivity index (χ1v) is 8.07. The zero-order chi connectivity index (χ0) is 17.6. The third-order valence-corrected chi connectivity index (χ3v) is 4.10. The summed E-state index contributed by atoms with van der Waals surface area (Å²) in [6.07, 6.45) is 5.25. The molecule has 1 fully saturated rings. The molecule has 25 heavy (non-hydrogen) atoms. The van der Waals surface area contributed by atoms with Gasteiger partial charge in [-0.1, -0.05) is 29.4 Å². The van der Waals surface area contributed by atoms with E-state index in [4.69, 9.17) is 10.3 Å². The number of methoxy groups -OCH3 is 1. The van der Waals surface area contributed by atoms with Gasteiger partial charge in [-0.3, -0.25) is 4.39 Å². The molecule has 3 rings (SSSR count). The van der Waals surface area contributed by atoms with E-state index in [1.165, 1.54) is 20.0 Å². The smallest absolute Gasteiger partial charge is 0.222 e. The monoisotopic (exact) mass is 342 g/mol. The first-order chi connectivity index (χ1) is 12.2. The summed E-state index contributed by atoms with van der Waals surface area (Å²) in [6, 6.07) is 7.05. The third-order valence-electron chi connectivity index (χ3n) is 4.10. The van der Waals surface area contributed by atoms with Crippen LogP contribution in [-0.2, 0) is 4.74 Å². The maximum absolute atomic E-state index is 13.1. The SMILES string of the molecule is CO[C@H](c1ccc(-c2cnc(NC3CC3)nc2)cc1)[C@@H](CF)N=[N+]=[N-]. The molecule has 0 radical (unpaired) electrons. The highest BCUT2D eigenvalue weighted by atomic mass is 19.1. The van der Waals surface area contributed by atoms with Crippen LogP contribution in [0.2, 0.25) is 0 Å². The molecule has 1 saturated carbocycles. The van der Waals surface area contributed by atoms with Gasteiger partial charge in [0.05, 0.1) is 12.1 Å². The van der Waals surface area contributed by atoms with Crippen LogP contribution in [0.1, 0.15) is 24.5 Å². The normalized spacial score (nSPS) is 15.9. The van der Waals surface area contributed by atoms with Crippen LogP contribution in [0.4, 0.5) is 10.3 Å². The first kappa shape index (κ1) is 17.1. The van der Waals surface area contributed by atoms with Crippen molar-refractivity contribution in [2.24, 2.45) is 5.11 Å². The highest BCUT2D eigenvalue weighted by Crippen LogP contribution is 2.27. The van der Waals surface area contributed by atoms with Crippen molar-refractivity contribution in [3.05, 3.63) is 52.7 Å². The molecule has 0 unspecified atom stereocenters. The van der Waals surface area contributed by atoms with Crippen molar-refractivity contribution in [3.63, 3.8) is 0 Å². The van der Waals surface area contributed by atoms with Crippen LogP contribution in [-0.4, -0.2) is 35.8 Å². The van der Waals surface area contributed by atoms with Crippen LogP contribution < -0.4 is 5.32 Å². The second-order valence-electron chi connectivity index (χ2n) is 5.92. The molecule has 0 aliphatic heterocycles. The summed E-state index contributed by atoms with van der Waals surface area (Å²) in [5, 5.41) is 6.71. The number of nitrogens with zero attached hydrogens (tertiary/aromatic N) is 5. The van der Waals surface area contributed by atoms with Crippen molar-refractivity contribution >= 4 is 5.95 Å². The van der Waals surface area contributed by atoms with Crippen LogP contribution in [0.3, 0.4) is 0 Å². The van der Waals surface area contributed by atoms with E-state index >= 15 is 0 Å². The number of hydrogen-bond acceptors (Lipinski definition) is 5. The molecule has 1 heterocycles. The van der Waals surface area contributed by atoms with Crippen molar-refractivity contribution in [3.8, 4) is 11.1 Å². The van der Waals surface area contributed by atoms with Crippen molar-refractivity contribution in [2.75, 3.05) is 19.1 Å². The number of nitrogens with one attached hydrogen (secondary N) is 1. The highest BCUT2D eigenvalue weighted by molar-refractivity contribution is 5.62. The number of alkyl halides is 1. The highest BCUT2D eigenvalue weighted by Gasteiger charge is 2.23. The quantitative estimate of drug-likeness (QED) is 0.444. The second-order valence-corrected chi connectivity index (χ2v) is 5.92. The lowest BCUT2D eigenvalue weighted by molar-refractivity contribution is 0.0722. The first-order valence-electron chi connectivity index (χ1n) is 8.07. The van der Waals surface area contributed by atoms with Gasteiger partial charge in [0.2, 0.25) is 5.95 Å². The number of halogens is 1. The molecule has 2 aromatic rings. The summed E-state index contributed by atoms with van der Waals surface area (Å²) in [5.74, 6) is 0.641. The zero-order valence-electron chi connectivity index (χ0n) is 13.8. The molecule has 1 aromatic heterocycles. The van der Waals surface area contributed by atoms with Gasteiger partial charge >= 0.3 is 0 Å². The predicted octanol–water partition coefficient (Wildman–Crippen LogP) is 4.05. The van der Waals surface area contributed by atoms with Gasteiger partial charge in [0, 0.05) is 36.0 Å². The lowest BCUT2D eigenvalue weighted by Gasteiger charge is -2.20. The molecule has 0 amide bonds. The topological polar surface area (TPSA) is 95.8 Å². The average molecular weight is 342 g/mol. The van der Waals surface area contributed by atoms with E-state index in [1.807, 2.05) is 24.3 Å². The molecule has 1 aliphatic rings. The molecule has 1 aromatic carbocycles. The molecule has 0 saturated heterocycles. The number of benzene rings is 1. The minimum absolute atomic E-state index is 0.510. The van der Waals surface area contributed by atoms with Gasteiger partial charge in [0.15, 0.2) is 0 Å². The molecule has 2 atom stereocenters. The van der Waals surface area contributed by atoms with Crippen molar-refractivity contribution < 1.29 is 9.13 Å². The van der Waals surface area contributed by atoms with Crippen LogP contribution in [0.5, 0.6) is 0 Å². The molecule has 0 spiro atoms. The third kappa shape index (κ3) is 4.23. The molecular formula is C17H19FN6O. The average Bonchev–Trinajstić information content (AvgIpc) is 3.47. The van der Waals surface area contributed by atoms with Crippen LogP contribution >= 0.6 is 0 Å². The Balaban J connectivity index is 1.75. The van der Waals surface area contributed by atoms with Gasteiger partial charge in [-0.2, -0.15) is 0 Å². The van der Waals surface area contributed by atoms with Crippen molar-refractivity contribution in [1.82, 2.24) is 9.97 Å². The second kappa shape index (κ2) is 7.92. The standard InChI is InChI=1S/C17H19FN6O/c1-25-16(15(8-18)23-24-19)12-4-2-11(3-5-12)13-9-20-17(21-10-13)22-14-6-7-14/h2-5,9-10,14-16H,6-8H2,1H3,(H,20,21,22)/t15-,16-/m1/s1. The van der Waals surface area contributed by atoms with E-state index in [-0.39, 0.29) is 0 Å². The van der Waals surface area contributed by atoms with Crippen LogP contribution in [0.15, 0.2) is 41.8 Å². The van der Waals surface area contributed by atoms with E-state index in [0.717, 1.165) is 16.7 Å². The maximum atomic E-state index is 13.1. The van der Waals surface area contributed by atoms with Gasteiger partial charge < -0.3 is 10.1 Å². The number of aromatic nitrogens is 2. The van der Waals surface area contributed by atoms with Gasteiger partial charge in [-0.25, -0.2) is 9.97 Å². The number of hydrogen-bond donors (Lipinski definition) is 1. The summed E-state index contributed by atoms with van der Waals surface area (Å²) in [6.45, 7) is -0.784. The Morgan fingerprint density at radius 3 is 2.48 bits per heavy atom. The van der Waals surface area contributed by atoms with E-state index in [0.29, 0.717) is 12.0 Å². The zero-order valence-corrected chi connectivity index (χ0v) is 13.8. The Hall–Kier alpha value is -2.70. The summed E-state index contributed by atoms with van der Waals surface area (Å²) < 4.78 is 18.4. The molecule has 7 nitrogen and oxygen atoms in total. The summed E-state index contributed by atoms with van der Waals surface area (Å²) in [7, 11) is 1.47. The number of rotatable bonds is 8. The lowest BCUT2D eigenvalue weighted by atomic mass is 10.00. The Bertz CT molecular complexity index is 741. The molecule has 130 valence electrons. The summed E-state index contributed by atoms with van der Waals surface area (Å²) >= 11 is 0. The van der Waals surface area contributed by atoms with Crippen LogP contribution in [0, 0.1) is 0 Å². The largest absolute Gasteiger partial charge is 0.376 e. The van der Waals surface area contributed by atoms with Gasteiger partial charge in [0.1, 0.15) is 6.67 Å². The Labute approximate surface area is 144 Å². The van der Waals surface area contributed by atoms with Gasteiger partial charge in [0.25, 0.3) is 0 Å². The van der Waals surface area contributed by atoms with Gasteiger partial charge in [-0.05, 0) is 29.5 Å². The number of ether oxygens (including phenoxy) is 1.